The van der Waals surface area contributed by atoms with Crippen LogP contribution < -0.4 is 15.0 Å². The van der Waals surface area contributed by atoms with Crippen molar-refractivity contribution < 1.29 is 19.1 Å². The maximum absolute atomic E-state index is 13.9. The van der Waals surface area contributed by atoms with Crippen molar-refractivity contribution in [2.24, 2.45) is 0 Å². The van der Waals surface area contributed by atoms with E-state index in [1.54, 1.807) is 12.0 Å². The first kappa shape index (κ1) is 26.6. The van der Waals surface area contributed by atoms with E-state index in [2.05, 4.69) is 26.3 Å². The molecule has 0 saturated heterocycles. The highest BCUT2D eigenvalue weighted by Gasteiger charge is 2.51. The number of amides is 2. The maximum Gasteiger partial charge on any atom is 0.416 e. The Kier molecular flexibility index (Phi) is 6.68. The molecule has 1 N–H and O–H groups in total. The van der Waals surface area contributed by atoms with Crippen LogP contribution in [0.3, 0.4) is 0 Å². The number of ether oxygens (including phenoxy) is 2. The molecule has 40 heavy (non-hydrogen) atoms. The minimum Gasteiger partial charge on any atom is -0.497 e. The third-order valence-corrected chi connectivity index (χ3v) is 9.03. The number of anilines is 3. The van der Waals surface area contributed by atoms with E-state index in [0.717, 1.165) is 58.0 Å². The number of carbonyl (C=O) groups excluding carboxylic acids is 2. The zero-order chi connectivity index (χ0) is 28.1. The normalized spacial score (nSPS) is 17.6. The quantitative estimate of drug-likeness (QED) is 0.385. The molecule has 2 aromatic heterocycles. The first-order valence-electron chi connectivity index (χ1n) is 13.9. The predicted octanol–water partition coefficient (Wildman–Crippen LogP) is 6.40. The van der Waals surface area contributed by atoms with E-state index in [4.69, 9.17) is 9.47 Å². The number of benzene rings is 1. The Hall–Kier alpha value is -3.66. The average molecular weight is 562 g/mol. The third kappa shape index (κ3) is 4.68. The molecule has 2 amide bonds. The van der Waals surface area contributed by atoms with Gasteiger partial charge in [-0.3, -0.25) is 9.69 Å². The molecule has 0 atom stereocenters. The Morgan fingerprint density at radius 3 is 2.58 bits per heavy atom. The summed E-state index contributed by atoms with van der Waals surface area (Å²) in [5.74, 6) is 2.14. The first-order valence-corrected chi connectivity index (χ1v) is 14.7. The summed E-state index contributed by atoms with van der Waals surface area (Å²) in [5.41, 5.74) is 2.22. The number of nitrogens with one attached hydrogen (secondary N) is 1. The van der Waals surface area contributed by atoms with Gasteiger partial charge in [0.1, 0.15) is 29.3 Å². The van der Waals surface area contributed by atoms with Gasteiger partial charge in [0.15, 0.2) is 0 Å². The second-order valence-electron chi connectivity index (χ2n) is 11.7. The van der Waals surface area contributed by atoms with Gasteiger partial charge in [-0.15, -0.1) is 11.3 Å². The summed E-state index contributed by atoms with van der Waals surface area (Å²) >= 11 is 1.49. The van der Waals surface area contributed by atoms with Gasteiger partial charge in [0.25, 0.3) is 5.91 Å². The van der Waals surface area contributed by atoms with Crippen LogP contribution in [0.5, 0.6) is 5.75 Å². The van der Waals surface area contributed by atoms with Crippen LogP contribution in [0.1, 0.15) is 79.2 Å². The molecule has 6 rings (SSSR count). The second-order valence-corrected chi connectivity index (χ2v) is 12.8. The zero-order valence-corrected chi connectivity index (χ0v) is 24.3. The summed E-state index contributed by atoms with van der Waals surface area (Å²) in [7, 11) is 1.66. The average Bonchev–Trinajstić information content (AvgIpc) is 3.61. The molecule has 2 aliphatic heterocycles. The Morgan fingerprint density at radius 2 is 1.88 bits per heavy atom. The van der Waals surface area contributed by atoms with Crippen molar-refractivity contribution in [3.05, 3.63) is 58.2 Å². The lowest BCUT2D eigenvalue weighted by molar-refractivity contribution is 0.0387. The summed E-state index contributed by atoms with van der Waals surface area (Å²) in [6.07, 6.45) is 7.01. The van der Waals surface area contributed by atoms with Crippen LogP contribution in [0.4, 0.5) is 21.4 Å². The molecule has 0 bridgehead atoms. The molecule has 1 fully saturated rings. The molecule has 1 spiro atoms. The Labute approximate surface area is 238 Å². The largest absolute Gasteiger partial charge is 0.497 e. The molecular weight excluding hydrogens is 526 g/mol. The molecule has 3 aromatic rings. The lowest BCUT2D eigenvalue weighted by Crippen LogP contribution is -2.44. The fourth-order valence-electron chi connectivity index (χ4n) is 6.15. The van der Waals surface area contributed by atoms with Crippen LogP contribution in [-0.4, -0.2) is 46.1 Å². The van der Waals surface area contributed by atoms with Gasteiger partial charge in [0.05, 0.1) is 22.5 Å². The topological polar surface area (TPSA) is 96.9 Å². The van der Waals surface area contributed by atoms with Crippen LogP contribution in [-0.2, 0) is 23.2 Å². The fourth-order valence-corrected chi connectivity index (χ4v) is 7.25. The standard InChI is InChI=1S/C30H35N5O4S/c1-29(2,3)39-28(37)34-15-12-21-25(31-18-32-26(21)34)33-23-16-22-24(40-23)27(36)35(30(22)13-6-5-7-14-30)17-19-8-10-20(38-4)11-9-19/h8-11,16,18H,5-7,12-15,17H2,1-4H3,(H,31,32,33). The number of thiophene rings is 1. The van der Waals surface area contributed by atoms with Gasteiger partial charge < -0.3 is 19.7 Å². The lowest BCUT2D eigenvalue weighted by Gasteiger charge is -2.42. The van der Waals surface area contributed by atoms with Crippen molar-refractivity contribution >= 4 is 40.0 Å². The van der Waals surface area contributed by atoms with E-state index in [-0.39, 0.29) is 11.4 Å². The monoisotopic (exact) mass is 561 g/mol. The van der Waals surface area contributed by atoms with Crippen molar-refractivity contribution in [2.75, 3.05) is 23.9 Å². The van der Waals surface area contributed by atoms with E-state index < -0.39 is 11.7 Å². The number of nitrogens with zero attached hydrogens (tertiary/aromatic N) is 4. The molecule has 0 radical (unpaired) electrons. The molecule has 1 aliphatic carbocycles. The van der Waals surface area contributed by atoms with Gasteiger partial charge >= 0.3 is 6.09 Å². The van der Waals surface area contributed by atoms with Crippen molar-refractivity contribution in [1.29, 1.82) is 0 Å². The third-order valence-electron chi connectivity index (χ3n) is 7.99. The van der Waals surface area contributed by atoms with Crippen molar-refractivity contribution in [1.82, 2.24) is 14.9 Å². The van der Waals surface area contributed by atoms with Crippen molar-refractivity contribution in [3.8, 4) is 5.75 Å². The molecule has 210 valence electrons. The van der Waals surface area contributed by atoms with Gasteiger partial charge in [0.2, 0.25) is 0 Å². The van der Waals surface area contributed by atoms with Crippen molar-refractivity contribution in [3.63, 3.8) is 0 Å². The summed E-state index contributed by atoms with van der Waals surface area (Å²) in [6.45, 7) is 6.61. The van der Waals surface area contributed by atoms with Crippen LogP contribution in [0.2, 0.25) is 0 Å². The fraction of sp³-hybridized carbons (Fsp3) is 0.467. The molecule has 1 saturated carbocycles. The van der Waals surface area contributed by atoms with Crippen LogP contribution >= 0.6 is 11.3 Å². The van der Waals surface area contributed by atoms with Crippen LogP contribution in [0, 0.1) is 0 Å². The number of hydrogen-bond acceptors (Lipinski definition) is 8. The molecular formula is C30H35N5O4S. The van der Waals surface area contributed by atoms with E-state index in [0.29, 0.717) is 31.1 Å². The summed E-state index contributed by atoms with van der Waals surface area (Å²) < 4.78 is 10.9. The number of carbonyl (C=O) groups is 2. The molecule has 1 aromatic carbocycles. The smallest absolute Gasteiger partial charge is 0.416 e. The zero-order valence-electron chi connectivity index (χ0n) is 23.5. The van der Waals surface area contributed by atoms with Gasteiger partial charge in [0, 0.05) is 24.2 Å². The van der Waals surface area contributed by atoms with Gasteiger partial charge in [-0.25, -0.2) is 14.8 Å². The minimum atomic E-state index is -0.589. The highest BCUT2D eigenvalue weighted by atomic mass is 32.1. The molecule has 10 heteroatoms. The van der Waals surface area contributed by atoms with E-state index in [9.17, 15) is 9.59 Å². The Bertz CT molecular complexity index is 1440. The van der Waals surface area contributed by atoms with Crippen molar-refractivity contribution in [2.45, 2.75) is 77.0 Å². The lowest BCUT2D eigenvalue weighted by atomic mass is 9.77. The number of hydrogen-bond donors (Lipinski definition) is 1. The first-order chi connectivity index (χ1) is 19.2. The van der Waals surface area contributed by atoms with E-state index in [1.165, 1.54) is 24.1 Å². The van der Waals surface area contributed by atoms with Gasteiger partial charge in [-0.1, -0.05) is 31.4 Å². The highest BCUT2D eigenvalue weighted by molar-refractivity contribution is 7.18. The minimum absolute atomic E-state index is 0.0924. The molecule has 4 heterocycles. The number of methoxy groups -OCH3 is 1. The summed E-state index contributed by atoms with van der Waals surface area (Å²) in [4.78, 5) is 40.0. The maximum atomic E-state index is 13.9. The highest BCUT2D eigenvalue weighted by Crippen LogP contribution is 2.53. The van der Waals surface area contributed by atoms with Gasteiger partial charge in [-0.2, -0.15) is 0 Å². The van der Waals surface area contributed by atoms with Crippen LogP contribution in [0.25, 0.3) is 0 Å². The van der Waals surface area contributed by atoms with Crippen LogP contribution in [0.15, 0.2) is 36.7 Å². The number of fused-ring (bicyclic) bond motifs is 3. The Morgan fingerprint density at radius 1 is 1.12 bits per heavy atom. The van der Waals surface area contributed by atoms with E-state index >= 15 is 0 Å². The summed E-state index contributed by atoms with van der Waals surface area (Å²) in [5, 5.41) is 4.34. The molecule has 3 aliphatic rings. The second kappa shape index (κ2) is 10.1. The van der Waals surface area contributed by atoms with E-state index in [1.807, 2.05) is 45.0 Å². The number of rotatable bonds is 5. The molecule has 0 unspecified atom stereocenters. The Balaban J connectivity index is 1.27. The number of aromatic nitrogens is 2. The predicted molar refractivity (Wildman–Crippen MR) is 155 cm³/mol. The van der Waals surface area contributed by atoms with Gasteiger partial charge in [-0.05, 0) is 63.8 Å². The molecule has 9 nitrogen and oxygen atoms in total. The SMILES string of the molecule is COc1ccc(CN2C(=O)c3sc(Nc4ncnc5c4CCN5C(=O)OC(C)(C)C)cc3C23CCCCC3)cc1. The summed E-state index contributed by atoms with van der Waals surface area (Å²) in [6, 6.07) is 10.1.